The van der Waals surface area contributed by atoms with Crippen molar-refractivity contribution in [2.45, 2.75) is 214 Å². The number of esters is 2. The molecule has 0 aromatic heterocycles. The minimum absolute atomic E-state index is 0.0186. The van der Waals surface area contributed by atoms with Crippen molar-refractivity contribution in [3.05, 3.63) is 0 Å². The smallest absolute Gasteiger partial charge is 0.305 e. The average molecular weight is 667 g/mol. The first kappa shape index (κ1) is 45.4. The Hall–Kier alpha value is -1.59. The van der Waals surface area contributed by atoms with Gasteiger partial charge in [-0.2, -0.15) is 0 Å². The predicted molar refractivity (Wildman–Crippen MR) is 197 cm³/mol. The number of carbonyl (C=O) groups is 3. The second kappa shape index (κ2) is 34.3. The van der Waals surface area contributed by atoms with Crippen molar-refractivity contribution in [3.63, 3.8) is 0 Å². The predicted octanol–water partition coefficient (Wildman–Crippen LogP) is 12.4. The highest BCUT2D eigenvalue weighted by molar-refractivity contribution is 5.70. The van der Waals surface area contributed by atoms with Gasteiger partial charge in [0.05, 0.1) is 19.6 Å². The molecule has 278 valence electrons. The zero-order valence-corrected chi connectivity index (χ0v) is 31.6. The van der Waals surface area contributed by atoms with E-state index in [-0.39, 0.29) is 31.6 Å². The molecule has 0 aliphatic rings. The lowest BCUT2D eigenvalue weighted by molar-refractivity contribution is -0.153. The van der Waals surface area contributed by atoms with Crippen LogP contribution in [0.1, 0.15) is 214 Å². The normalized spacial score (nSPS) is 11.6. The summed E-state index contributed by atoms with van der Waals surface area (Å²) in [5, 5.41) is 9.43. The maximum atomic E-state index is 12.7. The monoisotopic (exact) mass is 667 g/mol. The molecule has 0 fully saturated rings. The van der Waals surface area contributed by atoms with Gasteiger partial charge in [0.1, 0.15) is 0 Å². The van der Waals surface area contributed by atoms with Crippen molar-refractivity contribution in [1.82, 2.24) is 0 Å². The lowest BCUT2D eigenvalue weighted by atomic mass is 9.90. The fourth-order valence-electron chi connectivity index (χ4n) is 6.64. The maximum absolute atomic E-state index is 12.7. The summed E-state index contributed by atoms with van der Waals surface area (Å²) in [6, 6.07) is 0. The van der Waals surface area contributed by atoms with Gasteiger partial charge in [0.15, 0.2) is 0 Å². The third-order valence-electron chi connectivity index (χ3n) is 9.80. The van der Waals surface area contributed by atoms with Crippen molar-refractivity contribution in [2.24, 2.45) is 17.8 Å². The molecule has 0 unspecified atom stereocenters. The van der Waals surface area contributed by atoms with Gasteiger partial charge in [0, 0.05) is 18.8 Å². The lowest BCUT2D eigenvalue weighted by Gasteiger charge is -2.19. The second-order valence-corrected chi connectivity index (χ2v) is 14.5. The molecule has 0 heterocycles. The highest BCUT2D eigenvalue weighted by Gasteiger charge is 2.20. The summed E-state index contributed by atoms with van der Waals surface area (Å²) in [7, 11) is 0. The van der Waals surface area contributed by atoms with Crippen molar-refractivity contribution in [2.75, 3.05) is 13.2 Å². The summed E-state index contributed by atoms with van der Waals surface area (Å²) >= 11 is 0. The summed E-state index contributed by atoms with van der Waals surface area (Å²) in [5.74, 6) is -0.958. The number of aliphatic carboxylic acids is 1. The van der Waals surface area contributed by atoms with Crippen LogP contribution in [-0.2, 0) is 23.9 Å². The standard InChI is InChI=1S/C41H78O6/c1-5-9-13-17-21-25-36(26-22-18-14-10-6-2)29-31-40(44)46-34-38(33-39(42)43)35-47-41(45)32-30-37(27-23-19-15-11-7-3)28-24-20-16-12-8-4/h36-38H,5-35H2,1-4H3,(H,42,43). The molecule has 0 aromatic rings. The van der Waals surface area contributed by atoms with Crippen molar-refractivity contribution in [3.8, 4) is 0 Å². The second-order valence-electron chi connectivity index (χ2n) is 14.5. The first-order valence-corrected chi connectivity index (χ1v) is 20.4. The van der Waals surface area contributed by atoms with E-state index in [1.165, 1.54) is 154 Å². The highest BCUT2D eigenvalue weighted by atomic mass is 16.5. The number of hydrogen-bond acceptors (Lipinski definition) is 5. The van der Waals surface area contributed by atoms with Crippen LogP contribution in [0.2, 0.25) is 0 Å². The molecule has 0 amide bonds. The van der Waals surface area contributed by atoms with E-state index < -0.39 is 11.9 Å². The summed E-state index contributed by atoms with van der Waals surface area (Å²) in [4.78, 5) is 36.9. The Bertz CT molecular complexity index is 643. The zero-order chi connectivity index (χ0) is 34.8. The van der Waals surface area contributed by atoms with Crippen molar-refractivity contribution < 1.29 is 29.0 Å². The Kier molecular flexibility index (Phi) is 33.1. The molecule has 0 radical (unpaired) electrons. The van der Waals surface area contributed by atoms with Gasteiger partial charge in [-0.25, -0.2) is 0 Å². The van der Waals surface area contributed by atoms with Crippen LogP contribution in [-0.4, -0.2) is 36.2 Å². The Morgan fingerprint density at radius 3 is 1.00 bits per heavy atom. The minimum Gasteiger partial charge on any atom is -0.481 e. The molecule has 47 heavy (non-hydrogen) atoms. The number of carboxylic acids is 1. The molecule has 0 saturated carbocycles. The Labute approximate surface area is 291 Å². The average Bonchev–Trinajstić information content (AvgIpc) is 3.05. The van der Waals surface area contributed by atoms with Crippen LogP contribution in [0.4, 0.5) is 0 Å². The van der Waals surface area contributed by atoms with Crippen LogP contribution in [0.25, 0.3) is 0 Å². The van der Waals surface area contributed by atoms with Gasteiger partial charge in [-0.3, -0.25) is 14.4 Å². The molecule has 0 aromatic carbocycles. The fraction of sp³-hybridized carbons (Fsp3) is 0.927. The molecule has 6 heteroatoms. The Morgan fingerprint density at radius 1 is 0.426 bits per heavy atom. The molecule has 1 N–H and O–H groups in total. The first-order chi connectivity index (χ1) is 22.9. The van der Waals surface area contributed by atoms with Crippen LogP contribution < -0.4 is 0 Å². The van der Waals surface area contributed by atoms with E-state index >= 15 is 0 Å². The van der Waals surface area contributed by atoms with Crippen LogP contribution in [0, 0.1) is 17.8 Å². The third-order valence-corrected chi connectivity index (χ3v) is 9.80. The molecule has 0 spiro atoms. The van der Waals surface area contributed by atoms with Crippen LogP contribution in [0.15, 0.2) is 0 Å². The molecule has 0 aliphatic heterocycles. The molecular formula is C41H78O6. The highest BCUT2D eigenvalue weighted by Crippen LogP contribution is 2.25. The zero-order valence-electron chi connectivity index (χ0n) is 31.6. The fourth-order valence-corrected chi connectivity index (χ4v) is 6.64. The molecule has 6 nitrogen and oxygen atoms in total. The topological polar surface area (TPSA) is 89.9 Å². The summed E-state index contributed by atoms with van der Waals surface area (Å²) < 4.78 is 11.1. The quantitative estimate of drug-likeness (QED) is 0.0528. The Morgan fingerprint density at radius 2 is 0.723 bits per heavy atom. The maximum Gasteiger partial charge on any atom is 0.305 e. The summed E-state index contributed by atoms with van der Waals surface area (Å²) in [5.41, 5.74) is 0. The van der Waals surface area contributed by atoms with Gasteiger partial charge >= 0.3 is 17.9 Å². The van der Waals surface area contributed by atoms with Gasteiger partial charge in [0.2, 0.25) is 0 Å². The molecule has 0 bridgehead atoms. The third kappa shape index (κ3) is 31.4. The summed E-state index contributed by atoms with van der Waals surface area (Å²) in [6.45, 7) is 8.91. The van der Waals surface area contributed by atoms with Gasteiger partial charge in [-0.15, -0.1) is 0 Å². The number of hydrogen-bond donors (Lipinski definition) is 1. The van der Waals surface area contributed by atoms with Crippen LogP contribution in [0.3, 0.4) is 0 Å². The molecule has 0 atom stereocenters. The van der Waals surface area contributed by atoms with Crippen molar-refractivity contribution in [1.29, 1.82) is 0 Å². The largest absolute Gasteiger partial charge is 0.481 e. The first-order valence-electron chi connectivity index (χ1n) is 20.4. The lowest BCUT2D eigenvalue weighted by Crippen LogP contribution is -2.24. The van der Waals surface area contributed by atoms with E-state index in [9.17, 15) is 19.5 Å². The number of carbonyl (C=O) groups excluding carboxylic acids is 2. The van der Waals surface area contributed by atoms with E-state index in [4.69, 9.17) is 9.47 Å². The summed E-state index contributed by atoms with van der Waals surface area (Å²) in [6.07, 6.45) is 32.1. The van der Waals surface area contributed by atoms with E-state index in [0.29, 0.717) is 24.7 Å². The van der Waals surface area contributed by atoms with E-state index in [1.807, 2.05) is 0 Å². The SMILES string of the molecule is CCCCCCCC(CCCCCCC)CCC(=O)OCC(COC(=O)CCC(CCCCCCC)CCCCCCC)CC(=O)O. The van der Waals surface area contributed by atoms with Gasteiger partial charge in [0.25, 0.3) is 0 Å². The van der Waals surface area contributed by atoms with Gasteiger partial charge in [-0.05, 0) is 24.7 Å². The minimum atomic E-state index is -0.973. The van der Waals surface area contributed by atoms with E-state index in [2.05, 4.69) is 27.7 Å². The molecule has 0 saturated heterocycles. The van der Waals surface area contributed by atoms with Gasteiger partial charge in [-0.1, -0.05) is 182 Å². The Balaban J connectivity index is 4.71. The van der Waals surface area contributed by atoms with Crippen LogP contribution >= 0.6 is 0 Å². The number of unbranched alkanes of at least 4 members (excludes halogenated alkanes) is 16. The number of rotatable bonds is 36. The van der Waals surface area contributed by atoms with Crippen molar-refractivity contribution >= 4 is 17.9 Å². The molecule has 0 rings (SSSR count). The van der Waals surface area contributed by atoms with E-state index in [0.717, 1.165) is 12.8 Å². The molecular weight excluding hydrogens is 588 g/mol. The van der Waals surface area contributed by atoms with E-state index in [1.54, 1.807) is 0 Å². The van der Waals surface area contributed by atoms with Gasteiger partial charge < -0.3 is 14.6 Å². The van der Waals surface area contributed by atoms with Crippen LogP contribution in [0.5, 0.6) is 0 Å². The molecule has 0 aliphatic carbocycles. The number of ether oxygens (including phenoxy) is 2. The number of carboxylic acid groups (broad SMARTS) is 1.